The first-order valence-electron chi connectivity index (χ1n) is 6.27. The van der Waals surface area contributed by atoms with E-state index in [0.29, 0.717) is 12.0 Å². The predicted molar refractivity (Wildman–Crippen MR) is 68.1 cm³/mol. The average Bonchev–Trinajstić information content (AvgIpc) is 3.02. The van der Waals surface area contributed by atoms with Crippen LogP contribution < -0.4 is 5.73 Å². The third-order valence-electron chi connectivity index (χ3n) is 3.64. The highest BCUT2D eigenvalue weighted by molar-refractivity contribution is 5.17. The van der Waals surface area contributed by atoms with Crippen molar-refractivity contribution in [2.45, 2.75) is 25.8 Å². The minimum atomic E-state index is -0.108. The zero-order valence-electron chi connectivity index (χ0n) is 10.5. The molecule has 1 aromatic rings. The monoisotopic (exact) mass is 236 g/mol. The van der Waals surface area contributed by atoms with Crippen molar-refractivity contribution in [3.63, 3.8) is 0 Å². The third kappa shape index (κ3) is 3.27. The fraction of sp³-hybridized carbons (Fsp3) is 0.571. The molecule has 1 aliphatic carbocycles. The lowest BCUT2D eigenvalue weighted by molar-refractivity contribution is 0.245. The highest BCUT2D eigenvalue weighted by Gasteiger charge is 2.42. The molecule has 0 unspecified atom stereocenters. The van der Waals surface area contributed by atoms with Gasteiger partial charge in [-0.2, -0.15) is 0 Å². The molecule has 0 aliphatic heterocycles. The molecule has 0 spiro atoms. The molecular weight excluding hydrogens is 215 g/mol. The minimum absolute atomic E-state index is 0.108. The molecule has 2 rings (SSSR count). The van der Waals surface area contributed by atoms with E-state index in [4.69, 9.17) is 5.73 Å². The zero-order valence-corrected chi connectivity index (χ0v) is 10.5. The average molecular weight is 236 g/mol. The van der Waals surface area contributed by atoms with Gasteiger partial charge in [0.05, 0.1) is 0 Å². The lowest BCUT2D eigenvalue weighted by Gasteiger charge is -2.23. The van der Waals surface area contributed by atoms with Crippen molar-refractivity contribution in [3.05, 3.63) is 35.6 Å². The van der Waals surface area contributed by atoms with Crippen LogP contribution in [0, 0.1) is 11.2 Å². The number of halogens is 1. The summed E-state index contributed by atoms with van der Waals surface area (Å²) < 4.78 is 13.5. The molecule has 3 heteroatoms. The normalized spacial score (nSPS) is 17.4. The second kappa shape index (κ2) is 5.15. The van der Waals surface area contributed by atoms with Crippen molar-refractivity contribution in [1.82, 2.24) is 4.90 Å². The molecule has 1 fully saturated rings. The number of nitrogens with zero attached hydrogens (tertiary/aromatic N) is 1. The topological polar surface area (TPSA) is 29.3 Å². The largest absolute Gasteiger partial charge is 0.330 e. The first-order chi connectivity index (χ1) is 8.15. The Kier molecular flexibility index (Phi) is 3.79. The first kappa shape index (κ1) is 12.5. The molecule has 0 bridgehead atoms. The highest BCUT2D eigenvalue weighted by atomic mass is 19.1. The van der Waals surface area contributed by atoms with Crippen LogP contribution in [0.2, 0.25) is 0 Å². The fourth-order valence-electron chi connectivity index (χ4n) is 2.52. The molecule has 0 radical (unpaired) electrons. The van der Waals surface area contributed by atoms with Gasteiger partial charge in [-0.1, -0.05) is 18.2 Å². The summed E-state index contributed by atoms with van der Waals surface area (Å²) in [6.45, 7) is 2.46. The number of hydrogen-bond donors (Lipinski definition) is 1. The standard InChI is InChI=1S/C14H21FN2/c1-17(11-14(6-7-14)8-9-16)10-12-4-2-3-5-13(12)15/h2-5H,6-11,16H2,1H3. The van der Waals surface area contributed by atoms with Crippen LogP contribution in [0.15, 0.2) is 24.3 Å². The van der Waals surface area contributed by atoms with E-state index in [-0.39, 0.29) is 5.82 Å². The SMILES string of the molecule is CN(Cc1ccccc1F)CC1(CCN)CC1. The molecule has 1 saturated carbocycles. The number of hydrogen-bond acceptors (Lipinski definition) is 2. The summed E-state index contributed by atoms with van der Waals surface area (Å²) in [6, 6.07) is 7.00. The second-order valence-corrected chi connectivity index (χ2v) is 5.30. The van der Waals surface area contributed by atoms with Crippen molar-refractivity contribution in [3.8, 4) is 0 Å². The van der Waals surface area contributed by atoms with Crippen molar-refractivity contribution in [2.24, 2.45) is 11.1 Å². The molecule has 94 valence electrons. The second-order valence-electron chi connectivity index (χ2n) is 5.30. The highest BCUT2D eigenvalue weighted by Crippen LogP contribution is 2.48. The molecule has 2 N–H and O–H groups in total. The predicted octanol–water partition coefficient (Wildman–Crippen LogP) is 2.39. The molecule has 2 nitrogen and oxygen atoms in total. The van der Waals surface area contributed by atoms with E-state index in [9.17, 15) is 4.39 Å². The number of rotatable bonds is 6. The van der Waals surface area contributed by atoms with E-state index in [1.807, 2.05) is 12.1 Å². The van der Waals surface area contributed by atoms with Gasteiger partial charge in [0, 0.05) is 18.7 Å². The Labute approximate surface area is 103 Å². The molecule has 0 saturated heterocycles. The van der Waals surface area contributed by atoms with Crippen molar-refractivity contribution in [1.29, 1.82) is 0 Å². The van der Waals surface area contributed by atoms with Gasteiger partial charge in [0.25, 0.3) is 0 Å². The van der Waals surface area contributed by atoms with Gasteiger partial charge in [-0.3, -0.25) is 0 Å². The molecular formula is C14H21FN2. The van der Waals surface area contributed by atoms with E-state index < -0.39 is 0 Å². The summed E-state index contributed by atoms with van der Waals surface area (Å²) in [5.74, 6) is -0.108. The van der Waals surface area contributed by atoms with Crippen LogP contribution in [-0.2, 0) is 6.54 Å². The van der Waals surface area contributed by atoms with Crippen molar-refractivity contribution >= 4 is 0 Å². The van der Waals surface area contributed by atoms with Crippen LogP contribution in [0.5, 0.6) is 0 Å². The maximum atomic E-state index is 13.5. The Balaban J connectivity index is 1.89. The summed E-state index contributed by atoms with van der Waals surface area (Å²) >= 11 is 0. The van der Waals surface area contributed by atoms with Crippen LogP contribution in [-0.4, -0.2) is 25.0 Å². The lowest BCUT2D eigenvalue weighted by Crippen LogP contribution is -2.28. The minimum Gasteiger partial charge on any atom is -0.330 e. The Hall–Kier alpha value is -0.930. The molecule has 0 atom stereocenters. The van der Waals surface area contributed by atoms with Crippen LogP contribution >= 0.6 is 0 Å². The van der Waals surface area contributed by atoms with E-state index in [2.05, 4.69) is 11.9 Å². The van der Waals surface area contributed by atoms with Gasteiger partial charge in [-0.25, -0.2) is 4.39 Å². The Morgan fingerprint density at radius 1 is 1.35 bits per heavy atom. The van der Waals surface area contributed by atoms with E-state index in [1.165, 1.54) is 18.9 Å². The van der Waals surface area contributed by atoms with Gasteiger partial charge in [-0.05, 0) is 44.3 Å². The van der Waals surface area contributed by atoms with E-state index >= 15 is 0 Å². The maximum Gasteiger partial charge on any atom is 0.127 e. The smallest absolute Gasteiger partial charge is 0.127 e. The van der Waals surface area contributed by atoms with Crippen LogP contribution in [0.3, 0.4) is 0 Å². The van der Waals surface area contributed by atoms with Crippen LogP contribution in [0.4, 0.5) is 4.39 Å². The van der Waals surface area contributed by atoms with E-state index in [0.717, 1.165) is 25.1 Å². The Morgan fingerprint density at radius 2 is 2.06 bits per heavy atom. The first-order valence-corrected chi connectivity index (χ1v) is 6.27. The van der Waals surface area contributed by atoms with Gasteiger partial charge in [-0.15, -0.1) is 0 Å². The molecule has 1 aromatic carbocycles. The van der Waals surface area contributed by atoms with Gasteiger partial charge in [0.15, 0.2) is 0 Å². The van der Waals surface area contributed by atoms with Crippen LogP contribution in [0.1, 0.15) is 24.8 Å². The van der Waals surface area contributed by atoms with Gasteiger partial charge < -0.3 is 10.6 Å². The van der Waals surface area contributed by atoms with Gasteiger partial charge in [0.2, 0.25) is 0 Å². The summed E-state index contributed by atoms with van der Waals surface area (Å²) in [4.78, 5) is 2.21. The maximum absolute atomic E-state index is 13.5. The summed E-state index contributed by atoms with van der Waals surface area (Å²) in [7, 11) is 2.06. The van der Waals surface area contributed by atoms with Crippen molar-refractivity contribution < 1.29 is 4.39 Å². The zero-order chi connectivity index (χ0) is 12.3. The molecule has 0 heterocycles. The summed E-state index contributed by atoms with van der Waals surface area (Å²) in [6.07, 6.45) is 3.63. The van der Waals surface area contributed by atoms with Gasteiger partial charge >= 0.3 is 0 Å². The van der Waals surface area contributed by atoms with E-state index in [1.54, 1.807) is 6.07 Å². The summed E-state index contributed by atoms with van der Waals surface area (Å²) in [5.41, 5.74) is 6.83. The molecule has 17 heavy (non-hydrogen) atoms. The molecule has 0 aromatic heterocycles. The quantitative estimate of drug-likeness (QED) is 0.821. The Morgan fingerprint density at radius 3 is 2.65 bits per heavy atom. The fourth-order valence-corrected chi connectivity index (χ4v) is 2.52. The molecule has 0 amide bonds. The Bertz CT molecular complexity index is 374. The number of benzene rings is 1. The summed E-state index contributed by atoms with van der Waals surface area (Å²) in [5, 5.41) is 0. The third-order valence-corrected chi connectivity index (χ3v) is 3.64. The lowest BCUT2D eigenvalue weighted by atomic mass is 10.0. The van der Waals surface area contributed by atoms with Crippen LogP contribution in [0.25, 0.3) is 0 Å². The number of nitrogens with two attached hydrogens (primary N) is 1. The van der Waals surface area contributed by atoms with Gasteiger partial charge in [0.1, 0.15) is 5.82 Å². The van der Waals surface area contributed by atoms with Crippen molar-refractivity contribution in [2.75, 3.05) is 20.1 Å². The molecule has 1 aliphatic rings.